The fourth-order valence-corrected chi connectivity index (χ4v) is 7.43. The van der Waals surface area contributed by atoms with Gasteiger partial charge in [0, 0.05) is 42.9 Å². The van der Waals surface area contributed by atoms with E-state index in [9.17, 15) is 39.6 Å². The third-order valence-corrected chi connectivity index (χ3v) is 9.44. The molecular weight excluding hydrogens is 579 g/mol. The van der Waals surface area contributed by atoms with Gasteiger partial charge < -0.3 is 36.2 Å². The van der Waals surface area contributed by atoms with Gasteiger partial charge in [0.05, 0.1) is 23.8 Å². The van der Waals surface area contributed by atoms with Gasteiger partial charge in [0.25, 0.3) is 5.91 Å². The lowest BCUT2D eigenvalue weighted by Crippen LogP contribution is -2.63. The van der Waals surface area contributed by atoms with E-state index >= 15 is 4.39 Å². The molecule has 0 spiro atoms. The third kappa shape index (κ3) is 4.85. The molecule has 0 bridgehead atoms. The van der Waals surface area contributed by atoms with Gasteiger partial charge in [0.15, 0.2) is 17.1 Å². The van der Waals surface area contributed by atoms with Crippen LogP contribution in [0.5, 0.6) is 5.75 Å². The number of halogens is 1. The minimum Gasteiger partial charge on any atom is -0.510 e. The summed E-state index contributed by atoms with van der Waals surface area (Å²) in [5.74, 6) is -9.73. The zero-order chi connectivity index (χ0) is 32.2. The maximum Gasteiger partial charge on any atom is 0.255 e. The molecule has 0 unspecified atom stereocenters. The highest BCUT2D eigenvalue weighted by atomic mass is 19.1. The van der Waals surface area contributed by atoms with Crippen molar-refractivity contribution in [2.75, 3.05) is 46.2 Å². The van der Waals surface area contributed by atoms with Crippen LogP contribution in [0, 0.1) is 17.7 Å². The predicted octanol–water partition coefficient (Wildman–Crippen LogP) is 0.699. The Balaban J connectivity index is 1.50. The monoisotopic (exact) mass is 616 g/mol. The number of nitrogens with two attached hydrogens (primary N) is 1. The molecule has 238 valence electrons. The zero-order valence-corrected chi connectivity index (χ0v) is 24.7. The van der Waals surface area contributed by atoms with Gasteiger partial charge in [-0.2, -0.15) is 0 Å². The summed E-state index contributed by atoms with van der Waals surface area (Å²) >= 11 is 0. The first-order valence-corrected chi connectivity index (χ1v) is 14.5. The van der Waals surface area contributed by atoms with E-state index in [1.165, 1.54) is 19.0 Å². The first-order chi connectivity index (χ1) is 20.7. The van der Waals surface area contributed by atoms with Crippen LogP contribution >= 0.6 is 0 Å². The molecule has 7 N–H and O–H groups in total. The average Bonchev–Trinajstić information content (AvgIpc) is 3.38. The van der Waals surface area contributed by atoms with Crippen molar-refractivity contribution in [2.45, 2.75) is 49.8 Å². The summed E-state index contributed by atoms with van der Waals surface area (Å²) in [5.41, 5.74) is 0.192. The number of hydrogen-bond acceptors (Lipinski definition) is 11. The Bertz CT molecular complexity index is 1510. The Morgan fingerprint density at radius 2 is 1.95 bits per heavy atom. The summed E-state index contributed by atoms with van der Waals surface area (Å²) in [6, 6.07) is -0.0915. The van der Waals surface area contributed by atoms with Gasteiger partial charge in [-0.15, -0.1) is 0 Å². The van der Waals surface area contributed by atoms with Crippen LogP contribution < -0.4 is 11.1 Å². The molecule has 1 saturated heterocycles. The van der Waals surface area contributed by atoms with Crippen molar-refractivity contribution in [1.29, 1.82) is 0 Å². The number of nitrogens with one attached hydrogen (secondary N) is 1. The van der Waals surface area contributed by atoms with Crippen molar-refractivity contribution in [3.8, 4) is 5.75 Å². The topological polar surface area (TPSA) is 203 Å². The van der Waals surface area contributed by atoms with Crippen LogP contribution in [0.2, 0.25) is 0 Å². The van der Waals surface area contributed by atoms with Crippen molar-refractivity contribution >= 4 is 29.1 Å². The molecule has 1 aromatic carbocycles. The molecular formula is C30H37FN4O9. The molecule has 14 heteroatoms. The number of nitrogens with zero attached hydrogens (tertiary/aromatic N) is 2. The molecule has 3 aliphatic carbocycles. The SMILES string of the molecule is COCC[C@H]1CCCN1CC(=O)Nc1cc(F)c2c(c1O)C(=O)C1=C(O)[C@]3(O)C(=O)C(C(N)=O)=C(O)[C@@H](N(C)C)[C@@H]3C[C@@H]1C2. The first kappa shape index (κ1) is 31.6. The molecule has 1 heterocycles. The number of benzene rings is 1. The molecule has 0 saturated carbocycles. The van der Waals surface area contributed by atoms with Crippen LogP contribution in [0.3, 0.4) is 0 Å². The fraction of sp³-hybridized carbons (Fsp3) is 0.533. The third-order valence-electron chi connectivity index (χ3n) is 9.44. The van der Waals surface area contributed by atoms with E-state index in [0.717, 1.165) is 25.3 Å². The van der Waals surface area contributed by atoms with Crippen LogP contribution in [0.4, 0.5) is 10.1 Å². The highest BCUT2D eigenvalue weighted by Crippen LogP contribution is 2.53. The van der Waals surface area contributed by atoms with Gasteiger partial charge >= 0.3 is 0 Å². The highest BCUT2D eigenvalue weighted by Gasteiger charge is 2.63. The Morgan fingerprint density at radius 1 is 1.25 bits per heavy atom. The normalized spacial score (nSPS) is 28.7. The van der Waals surface area contributed by atoms with Crippen molar-refractivity contribution in [2.24, 2.45) is 17.6 Å². The lowest BCUT2D eigenvalue weighted by Gasteiger charge is -2.50. The molecule has 2 amide bonds. The van der Waals surface area contributed by atoms with E-state index in [1.807, 2.05) is 4.90 Å². The Hall–Kier alpha value is -3.85. The number of Topliss-reactive ketones (excluding diaryl/α,β-unsaturated/α-hetero) is 2. The van der Waals surface area contributed by atoms with E-state index in [2.05, 4.69) is 5.32 Å². The number of hydrogen-bond donors (Lipinski definition) is 6. The summed E-state index contributed by atoms with van der Waals surface area (Å²) in [7, 11) is 4.63. The molecule has 44 heavy (non-hydrogen) atoms. The average molecular weight is 617 g/mol. The predicted molar refractivity (Wildman–Crippen MR) is 153 cm³/mol. The number of phenols is 1. The second-order valence-electron chi connectivity index (χ2n) is 12.2. The van der Waals surface area contributed by atoms with Gasteiger partial charge in [-0.3, -0.25) is 29.0 Å². The quantitative estimate of drug-likeness (QED) is 0.177. The lowest BCUT2D eigenvalue weighted by atomic mass is 9.58. The van der Waals surface area contributed by atoms with Gasteiger partial charge in [0.2, 0.25) is 11.7 Å². The maximum atomic E-state index is 15.5. The standard InChI is InChI=1S/C30H37FN4O9/c1-34(2)23-16-10-13-9-15-17(31)11-18(33-19(36)12-35-7-4-5-14(35)6-8-44-3)24(37)21(15)25(38)20(13)27(40)30(16,43)28(41)22(26(23)39)29(32)42/h11,13-14,16,23,37,39-40,43H,4-10,12H2,1-3H3,(H2,32,42)(H,33,36)/t13-,14+,16-,23-,30-/m0/s1. The molecule has 5 rings (SSSR count). The molecule has 13 nitrogen and oxygen atoms in total. The number of likely N-dealkylation sites (tertiary alicyclic amines) is 1. The minimum atomic E-state index is -2.81. The number of aliphatic hydroxyl groups excluding tert-OH is 2. The number of phenolic OH excluding ortho intramolecular Hbond substituents is 1. The first-order valence-electron chi connectivity index (χ1n) is 14.5. The highest BCUT2D eigenvalue weighted by molar-refractivity contribution is 6.25. The number of rotatable bonds is 8. The molecule has 5 atom stereocenters. The molecule has 1 aromatic rings. The number of anilines is 1. The van der Waals surface area contributed by atoms with Crippen LogP contribution in [-0.4, -0.2) is 112 Å². The second-order valence-corrected chi connectivity index (χ2v) is 12.2. The Kier molecular flexibility index (Phi) is 8.31. The van der Waals surface area contributed by atoms with E-state index < -0.39 is 86.7 Å². The van der Waals surface area contributed by atoms with Gasteiger partial charge in [0.1, 0.15) is 22.9 Å². The molecule has 4 aliphatic rings. The van der Waals surface area contributed by atoms with Gasteiger partial charge in [-0.05, 0) is 58.7 Å². The zero-order valence-electron chi connectivity index (χ0n) is 24.7. The van der Waals surface area contributed by atoms with Crippen molar-refractivity contribution in [3.63, 3.8) is 0 Å². The number of carbonyl (C=O) groups excluding carboxylic acids is 4. The summed E-state index contributed by atoms with van der Waals surface area (Å²) in [6.45, 7) is 1.19. The number of ketones is 2. The van der Waals surface area contributed by atoms with Crippen molar-refractivity contribution in [3.05, 3.63) is 45.7 Å². The number of carbonyl (C=O) groups is 4. The number of likely N-dealkylation sites (N-methyl/N-ethyl adjacent to an activating group) is 1. The van der Waals surface area contributed by atoms with Gasteiger partial charge in [-0.1, -0.05) is 0 Å². The summed E-state index contributed by atoms with van der Waals surface area (Å²) < 4.78 is 20.7. The fourth-order valence-electron chi connectivity index (χ4n) is 7.43. The Labute approximate surface area is 252 Å². The van der Waals surface area contributed by atoms with E-state index in [1.54, 1.807) is 7.11 Å². The number of amides is 2. The smallest absolute Gasteiger partial charge is 0.255 e. The lowest BCUT2D eigenvalue weighted by molar-refractivity contribution is -0.148. The minimum absolute atomic E-state index is 0.0272. The Morgan fingerprint density at radius 3 is 2.59 bits per heavy atom. The van der Waals surface area contributed by atoms with E-state index in [-0.39, 0.29) is 36.7 Å². The van der Waals surface area contributed by atoms with Crippen LogP contribution in [-0.2, 0) is 25.5 Å². The van der Waals surface area contributed by atoms with E-state index in [4.69, 9.17) is 10.5 Å². The number of aromatic hydroxyl groups is 1. The molecule has 1 aliphatic heterocycles. The molecule has 1 fully saturated rings. The van der Waals surface area contributed by atoms with Crippen LogP contribution in [0.15, 0.2) is 28.7 Å². The second kappa shape index (κ2) is 11.6. The summed E-state index contributed by atoms with van der Waals surface area (Å²) in [4.78, 5) is 55.7. The molecule has 0 radical (unpaired) electrons. The number of aliphatic hydroxyl groups is 3. The number of allylic oxidation sites excluding steroid dienone is 1. The van der Waals surface area contributed by atoms with Crippen molar-refractivity contribution < 1.29 is 48.7 Å². The largest absolute Gasteiger partial charge is 0.510 e. The summed E-state index contributed by atoms with van der Waals surface area (Å²) in [6.07, 6.45) is 2.17. The maximum absolute atomic E-state index is 15.5. The summed E-state index contributed by atoms with van der Waals surface area (Å²) in [5, 5.41) is 47.5. The number of methoxy groups -OCH3 is 1. The molecule has 0 aromatic heterocycles. The van der Waals surface area contributed by atoms with Crippen LogP contribution in [0.1, 0.15) is 41.6 Å². The number of primary amides is 1. The van der Waals surface area contributed by atoms with Crippen molar-refractivity contribution in [1.82, 2.24) is 9.80 Å². The van der Waals surface area contributed by atoms with Crippen LogP contribution in [0.25, 0.3) is 0 Å². The number of ether oxygens (including phenoxy) is 1. The van der Waals surface area contributed by atoms with Gasteiger partial charge in [-0.25, -0.2) is 4.39 Å². The number of fused-ring (bicyclic) bond motifs is 3. The van der Waals surface area contributed by atoms with E-state index in [0.29, 0.717) is 13.2 Å².